The van der Waals surface area contributed by atoms with Gasteiger partial charge in [-0.15, -0.1) is 0 Å². The molecule has 0 amide bonds. The van der Waals surface area contributed by atoms with Crippen molar-refractivity contribution in [2.75, 3.05) is 0 Å². The predicted molar refractivity (Wildman–Crippen MR) is 94.5 cm³/mol. The summed E-state index contributed by atoms with van der Waals surface area (Å²) in [5.74, 6) is 1.38. The standard InChI is InChI=1S/C19H18FN5/c1-2-10-25-16-7-4-8-21-18(16)23-17(25)13-24-11-9-22-19(24)14-5-3-6-15(20)12-14/h3-9,11-12H,2,10,13H2,1H3. The van der Waals surface area contributed by atoms with Crippen molar-refractivity contribution in [3.05, 3.63) is 66.6 Å². The predicted octanol–water partition coefficient (Wildman–Crippen LogP) is 3.89. The first-order chi connectivity index (χ1) is 12.3. The first-order valence-corrected chi connectivity index (χ1v) is 8.33. The molecule has 0 N–H and O–H groups in total. The molecular formula is C19H18FN5. The molecule has 0 aliphatic carbocycles. The van der Waals surface area contributed by atoms with Crippen molar-refractivity contribution < 1.29 is 4.39 Å². The topological polar surface area (TPSA) is 48.5 Å². The molecule has 0 aliphatic rings. The van der Waals surface area contributed by atoms with Gasteiger partial charge in [-0.1, -0.05) is 19.1 Å². The molecule has 5 nitrogen and oxygen atoms in total. The minimum Gasteiger partial charge on any atom is -0.325 e. The van der Waals surface area contributed by atoms with E-state index in [0.717, 1.165) is 41.3 Å². The average Bonchev–Trinajstić information content (AvgIpc) is 3.21. The van der Waals surface area contributed by atoms with E-state index >= 15 is 0 Å². The number of halogens is 1. The zero-order valence-electron chi connectivity index (χ0n) is 13.9. The number of benzene rings is 1. The van der Waals surface area contributed by atoms with E-state index in [0.29, 0.717) is 6.54 Å². The lowest BCUT2D eigenvalue weighted by molar-refractivity contribution is 0.623. The maximum atomic E-state index is 13.6. The Balaban J connectivity index is 1.76. The molecule has 0 aliphatic heterocycles. The highest BCUT2D eigenvalue weighted by Crippen LogP contribution is 2.21. The van der Waals surface area contributed by atoms with Crippen LogP contribution in [-0.4, -0.2) is 24.1 Å². The van der Waals surface area contributed by atoms with Crippen LogP contribution in [0.5, 0.6) is 0 Å². The van der Waals surface area contributed by atoms with Crippen molar-refractivity contribution in [3.63, 3.8) is 0 Å². The molecule has 0 saturated heterocycles. The van der Waals surface area contributed by atoms with Crippen LogP contribution >= 0.6 is 0 Å². The van der Waals surface area contributed by atoms with E-state index in [1.807, 2.05) is 29.0 Å². The smallest absolute Gasteiger partial charge is 0.177 e. The summed E-state index contributed by atoms with van der Waals surface area (Å²) in [6.07, 6.45) is 6.38. The van der Waals surface area contributed by atoms with E-state index in [2.05, 4.69) is 26.4 Å². The van der Waals surface area contributed by atoms with Crippen LogP contribution in [0, 0.1) is 5.82 Å². The zero-order chi connectivity index (χ0) is 17.2. The van der Waals surface area contributed by atoms with Crippen LogP contribution in [0.1, 0.15) is 19.2 Å². The molecule has 4 rings (SSSR count). The molecule has 4 aromatic rings. The largest absolute Gasteiger partial charge is 0.325 e. The summed E-state index contributed by atoms with van der Waals surface area (Å²) in [5, 5.41) is 0. The summed E-state index contributed by atoms with van der Waals surface area (Å²) in [4.78, 5) is 13.4. The van der Waals surface area contributed by atoms with E-state index < -0.39 is 0 Å². The third-order valence-corrected chi connectivity index (χ3v) is 4.16. The molecule has 3 aromatic heterocycles. The van der Waals surface area contributed by atoms with Crippen LogP contribution in [0.25, 0.3) is 22.6 Å². The van der Waals surface area contributed by atoms with Crippen LogP contribution in [0.4, 0.5) is 4.39 Å². The van der Waals surface area contributed by atoms with Crippen molar-refractivity contribution in [2.24, 2.45) is 0 Å². The summed E-state index contributed by atoms with van der Waals surface area (Å²) in [5.41, 5.74) is 2.53. The highest BCUT2D eigenvalue weighted by Gasteiger charge is 2.14. The van der Waals surface area contributed by atoms with Gasteiger partial charge in [0.25, 0.3) is 0 Å². The fraction of sp³-hybridized carbons (Fsp3) is 0.211. The van der Waals surface area contributed by atoms with Gasteiger partial charge < -0.3 is 9.13 Å². The lowest BCUT2D eigenvalue weighted by Crippen LogP contribution is -2.09. The van der Waals surface area contributed by atoms with Gasteiger partial charge >= 0.3 is 0 Å². The quantitative estimate of drug-likeness (QED) is 0.556. The van der Waals surface area contributed by atoms with Gasteiger partial charge in [-0.3, -0.25) is 0 Å². The first kappa shape index (κ1) is 15.5. The number of hydrogen-bond acceptors (Lipinski definition) is 3. The van der Waals surface area contributed by atoms with E-state index in [9.17, 15) is 4.39 Å². The molecule has 0 fully saturated rings. The highest BCUT2D eigenvalue weighted by atomic mass is 19.1. The van der Waals surface area contributed by atoms with E-state index in [1.165, 1.54) is 12.1 Å². The molecule has 0 atom stereocenters. The fourth-order valence-electron chi connectivity index (χ4n) is 3.08. The third-order valence-electron chi connectivity index (χ3n) is 4.16. The number of rotatable bonds is 5. The van der Waals surface area contributed by atoms with Gasteiger partial charge in [-0.2, -0.15) is 0 Å². The number of hydrogen-bond donors (Lipinski definition) is 0. The third kappa shape index (κ3) is 2.91. The second-order valence-corrected chi connectivity index (χ2v) is 5.91. The second-order valence-electron chi connectivity index (χ2n) is 5.91. The first-order valence-electron chi connectivity index (χ1n) is 8.33. The highest BCUT2D eigenvalue weighted by molar-refractivity contribution is 5.71. The van der Waals surface area contributed by atoms with Crippen LogP contribution < -0.4 is 0 Å². The lowest BCUT2D eigenvalue weighted by Gasteiger charge is -2.10. The Labute approximate surface area is 144 Å². The molecule has 0 unspecified atom stereocenters. The Hall–Kier alpha value is -3.02. The van der Waals surface area contributed by atoms with Crippen LogP contribution in [0.3, 0.4) is 0 Å². The van der Waals surface area contributed by atoms with E-state index in [-0.39, 0.29) is 5.82 Å². The Kier molecular flexibility index (Phi) is 4.01. The van der Waals surface area contributed by atoms with Gasteiger partial charge in [-0.25, -0.2) is 19.3 Å². The Morgan fingerprint density at radius 2 is 2.00 bits per heavy atom. The maximum absolute atomic E-state index is 13.6. The second kappa shape index (κ2) is 6.47. The molecular weight excluding hydrogens is 317 g/mol. The summed E-state index contributed by atoms with van der Waals surface area (Å²) in [7, 11) is 0. The van der Waals surface area contributed by atoms with Gasteiger partial charge in [0.05, 0.1) is 12.1 Å². The van der Waals surface area contributed by atoms with Crippen LogP contribution in [-0.2, 0) is 13.1 Å². The van der Waals surface area contributed by atoms with Gasteiger partial charge in [0.15, 0.2) is 5.65 Å². The lowest BCUT2D eigenvalue weighted by atomic mass is 10.2. The molecule has 3 heterocycles. The number of imidazole rings is 2. The van der Waals surface area contributed by atoms with Gasteiger partial charge in [-0.05, 0) is 30.7 Å². The summed E-state index contributed by atoms with van der Waals surface area (Å²) < 4.78 is 17.7. The number of aromatic nitrogens is 5. The van der Waals surface area contributed by atoms with Crippen molar-refractivity contribution in [3.8, 4) is 11.4 Å². The Morgan fingerprint density at radius 3 is 2.84 bits per heavy atom. The molecule has 0 radical (unpaired) electrons. The van der Waals surface area contributed by atoms with Gasteiger partial charge in [0.1, 0.15) is 17.5 Å². The van der Waals surface area contributed by atoms with E-state index in [4.69, 9.17) is 0 Å². The van der Waals surface area contributed by atoms with Crippen molar-refractivity contribution >= 4 is 11.2 Å². The number of nitrogens with zero attached hydrogens (tertiary/aromatic N) is 5. The van der Waals surface area contributed by atoms with Gasteiger partial charge in [0, 0.05) is 30.7 Å². The number of aryl methyl sites for hydroxylation is 1. The summed E-state index contributed by atoms with van der Waals surface area (Å²) in [6, 6.07) is 10.4. The molecule has 0 saturated carbocycles. The minimum absolute atomic E-state index is 0.269. The van der Waals surface area contributed by atoms with Crippen LogP contribution in [0.2, 0.25) is 0 Å². The summed E-state index contributed by atoms with van der Waals surface area (Å²) in [6.45, 7) is 3.57. The van der Waals surface area contributed by atoms with Crippen molar-refractivity contribution in [2.45, 2.75) is 26.4 Å². The monoisotopic (exact) mass is 335 g/mol. The minimum atomic E-state index is -0.269. The molecule has 25 heavy (non-hydrogen) atoms. The number of pyridine rings is 1. The normalized spacial score (nSPS) is 11.3. The molecule has 0 spiro atoms. The Bertz CT molecular complexity index is 1020. The van der Waals surface area contributed by atoms with Crippen molar-refractivity contribution in [1.29, 1.82) is 0 Å². The Morgan fingerprint density at radius 1 is 1.08 bits per heavy atom. The van der Waals surface area contributed by atoms with Crippen molar-refractivity contribution in [1.82, 2.24) is 24.1 Å². The zero-order valence-corrected chi connectivity index (χ0v) is 13.9. The van der Waals surface area contributed by atoms with E-state index in [1.54, 1.807) is 18.5 Å². The molecule has 126 valence electrons. The number of fused-ring (bicyclic) bond motifs is 1. The molecule has 1 aromatic carbocycles. The summed E-state index contributed by atoms with van der Waals surface area (Å²) >= 11 is 0. The fourth-order valence-corrected chi connectivity index (χ4v) is 3.08. The van der Waals surface area contributed by atoms with Crippen LogP contribution in [0.15, 0.2) is 55.0 Å². The average molecular weight is 335 g/mol. The maximum Gasteiger partial charge on any atom is 0.177 e. The SMILES string of the molecule is CCCn1c(Cn2ccnc2-c2cccc(F)c2)nc2ncccc21. The molecule has 0 bridgehead atoms. The molecule has 6 heteroatoms. The van der Waals surface area contributed by atoms with Gasteiger partial charge in [0.2, 0.25) is 0 Å².